The summed E-state index contributed by atoms with van der Waals surface area (Å²) in [6, 6.07) is 7.68. The number of carbonyl (C=O) groups is 4. The molecule has 1 aromatic rings. The first-order valence-electron chi connectivity index (χ1n) is 11.4. The molecule has 0 aromatic heterocycles. The number of benzene rings is 1. The van der Waals surface area contributed by atoms with Gasteiger partial charge in [-0.15, -0.1) is 0 Å². The van der Waals surface area contributed by atoms with E-state index < -0.39 is 6.03 Å². The lowest BCUT2D eigenvalue weighted by Crippen LogP contribution is -2.35. The van der Waals surface area contributed by atoms with Crippen LogP contribution in [-0.4, -0.2) is 49.5 Å². The third-order valence-corrected chi connectivity index (χ3v) is 4.17. The van der Waals surface area contributed by atoms with Crippen molar-refractivity contribution in [3.05, 3.63) is 29.8 Å². The van der Waals surface area contributed by atoms with Gasteiger partial charge >= 0.3 is 12.0 Å². The summed E-state index contributed by atoms with van der Waals surface area (Å²) in [4.78, 5) is 41.8. The molecule has 0 saturated carbocycles. The Morgan fingerprint density at radius 3 is 2.00 bits per heavy atom. The number of nitrogens with two attached hydrogens (primary N) is 1. The van der Waals surface area contributed by atoms with Crippen molar-refractivity contribution in [2.24, 2.45) is 11.7 Å². The van der Waals surface area contributed by atoms with Gasteiger partial charge in [-0.2, -0.15) is 0 Å². The molecule has 10 nitrogen and oxygen atoms in total. The van der Waals surface area contributed by atoms with Crippen LogP contribution >= 0.6 is 0 Å². The van der Waals surface area contributed by atoms with Gasteiger partial charge in [-0.3, -0.25) is 14.4 Å². The van der Waals surface area contributed by atoms with Gasteiger partial charge in [0.2, 0.25) is 12.3 Å². The van der Waals surface area contributed by atoms with Gasteiger partial charge in [0.15, 0.2) is 0 Å². The molecule has 1 rings (SSSR count). The van der Waals surface area contributed by atoms with Crippen LogP contribution in [-0.2, 0) is 25.7 Å². The van der Waals surface area contributed by atoms with Crippen LogP contribution in [0.5, 0.6) is 0 Å². The van der Waals surface area contributed by atoms with Crippen molar-refractivity contribution < 1.29 is 23.9 Å². The SMILES string of the molecule is CC(=O)OCc1ccc(NC(=O)CNC=O)cc1.CC(C)NC(C)C(C)C.CCCNC(N)=O. The number of carbonyl (C=O) groups excluding carboxylic acids is 4. The third kappa shape index (κ3) is 22.1. The Labute approximate surface area is 203 Å². The number of anilines is 1. The van der Waals surface area contributed by atoms with E-state index in [1.807, 2.05) is 6.92 Å². The molecule has 6 N–H and O–H groups in total. The number of nitrogens with one attached hydrogen (secondary N) is 4. The van der Waals surface area contributed by atoms with Crippen molar-refractivity contribution >= 4 is 30.0 Å². The van der Waals surface area contributed by atoms with Crippen molar-refractivity contribution in [3.63, 3.8) is 0 Å². The van der Waals surface area contributed by atoms with E-state index in [1.165, 1.54) is 6.92 Å². The lowest BCUT2D eigenvalue weighted by atomic mass is 10.1. The summed E-state index contributed by atoms with van der Waals surface area (Å²) in [6.45, 7) is 15.2. The standard InChI is InChI=1S/C12H14N2O4.C8H19N.C4H10N2O/c1-9(16)18-7-10-2-4-11(5-3-10)14-12(17)6-13-8-15;1-6(2)8(5)9-7(3)4;1-2-3-6-4(5)7/h2-5,8H,6-7H2,1H3,(H,13,15)(H,14,17);6-9H,1-5H3;2-3H2,1H3,(H3,5,6,7). The van der Waals surface area contributed by atoms with Gasteiger partial charge < -0.3 is 31.7 Å². The van der Waals surface area contributed by atoms with E-state index in [4.69, 9.17) is 10.5 Å². The molecule has 34 heavy (non-hydrogen) atoms. The number of rotatable bonds is 11. The minimum Gasteiger partial charge on any atom is -0.461 e. The fourth-order valence-corrected chi connectivity index (χ4v) is 2.18. The van der Waals surface area contributed by atoms with Crippen LogP contribution < -0.4 is 27.0 Å². The number of primary amides is 1. The van der Waals surface area contributed by atoms with Gasteiger partial charge in [-0.25, -0.2) is 4.79 Å². The van der Waals surface area contributed by atoms with Crippen molar-refractivity contribution in [1.82, 2.24) is 16.0 Å². The smallest absolute Gasteiger partial charge is 0.312 e. The van der Waals surface area contributed by atoms with Crippen molar-refractivity contribution in [3.8, 4) is 0 Å². The predicted octanol–water partition coefficient (Wildman–Crippen LogP) is 2.53. The minimum atomic E-state index is -0.443. The Bertz CT molecular complexity index is 708. The van der Waals surface area contributed by atoms with Gasteiger partial charge in [0.25, 0.3) is 0 Å². The van der Waals surface area contributed by atoms with Crippen LogP contribution in [0.1, 0.15) is 60.5 Å². The van der Waals surface area contributed by atoms with Crippen LogP contribution in [0.25, 0.3) is 0 Å². The van der Waals surface area contributed by atoms with Gasteiger partial charge in [-0.1, -0.05) is 46.8 Å². The molecule has 0 spiro atoms. The Hall–Kier alpha value is -3.14. The average molecular weight is 482 g/mol. The minimum absolute atomic E-state index is 0.0707. The molecule has 0 heterocycles. The van der Waals surface area contributed by atoms with Crippen LogP contribution in [0, 0.1) is 5.92 Å². The third-order valence-electron chi connectivity index (χ3n) is 4.17. The van der Waals surface area contributed by atoms with E-state index >= 15 is 0 Å². The van der Waals surface area contributed by atoms with Crippen LogP contribution in [0.2, 0.25) is 0 Å². The topological polar surface area (TPSA) is 152 Å². The van der Waals surface area contributed by atoms with E-state index in [1.54, 1.807) is 24.3 Å². The van der Waals surface area contributed by atoms with E-state index in [2.05, 4.69) is 55.9 Å². The molecule has 0 aliphatic carbocycles. The van der Waals surface area contributed by atoms with E-state index in [0.29, 0.717) is 30.7 Å². The average Bonchev–Trinajstić information content (AvgIpc) is 2.76. The Balaban J connectivity index is 0. The molecule has 0 radical (unpaired) electrons. The lowest BCUT2D eigenvalue weighted by molar-refractivity contribution is -0.142. The molecule has 0 bridgehead atoms. The summed E-state index contributed by atoms with van der Waals surface area (Å²) in [5, 5.41) is 10.7. The zero-order chi connectivity index (χ0) is 26.5. The van der Waals surface area contributed by atoms with Gasteiger partial charge in [0.05, 0.1) is 6.54 Å². The van der Waals surface area contributed by atoms with Crippen LogP contribution in [0.15, 0.2) is 24.3 Å². The Morgan fingerprint density at radius 2 is 1.65 bits per heavy atom. The molecule has 1 unspecified atom stereocenters. The first kappa shape index (κ1) is 33.0. The van der Waals surface area contributed by atoms with Crippen molar-refractivity contribution in [2.45, 2.75) is 73.6 Å². The molecule has 0 saturated heterocycles. The highest BCUT2D eigenvalue weighted by Crippen LogP contribution is 2.10. The Kier molecular flexibility index (Phi) is 19.9. The first-order chi connectivity index (χ1) is 15.9. The summed E-state index contributed by atoms with van der Waals surface area (Å²) in [7, 11) is 0. The van der Waals surface area contributed by atoms with E-state index in [0.717, 1.165) is 17.9 Å². The second-order valence-corrected chi connectivity index (χ2v) is 8.17. The molecule has 1 atom stereocenters. The van der Waals surface area contributed by atoms with Crippen molar-refractivity contribution in [2.75, 3.05) is 18.4 Å². The summed E-state index contributed by atoms with van der Waals surface area (Å²) >= 11 is 0. The molecule has 0 aliphatic rings. The second-order valence-electron chi connectivity index (χ2n) is 8.17. The summed E-state index contributed by atoms with van der Waals surface area (Å²) in [5.41, 5.74) is 6.17. The molecule has 4 amide bonds. The number of urea groups is 1. The maximum Gasteiger partial charge on any atom is 0.312 e. The van der Waals surface area contributed by atoms with Gasteiger partial charge in [0.1, 0.15) is 6.61 Å². The monoisotopic (exact) mass is 481 g/mol. The molecule has 0 fully saturated rings. The summed E-state index contributed by atoms with van der Waals surface area (Å²) < 4.78 is 4.83. The summed E-state index contributed by atoms with van der Waals surface area (Å²) in [6.07, 6.45) is 1.39. The highest BCUT2D eigenvalue weighted by atomic mass is 16.5. The van der Waals surface area contributed by atoms with E-state index in [9.17, 15) is 19.2 Å². The number of esters is 1. The zero-order valence-corrected chi connectivity index (χ0v) is 21.6. The number of hydrogen-bond donors (Lipinski definition) is 5. The molecule has 0 aliphatic heterocycles. The predicted molar refractivity (Wildman–Crippen MR) is 135 cm³/mol. The highest BCUT2D eigenvalue weighted by molar-refractivity contribution is 5.93. The zero-order valence-electron chi connectivity index (χ0n) is 21.6. The number of hydrogen-bond acceptors (Lipinski definition) is 6. The number of amides is 4. The fraction of sp³-hybridized carbons (Fsp3) is 0.583. The largest absolute Gasteiger partial charge is 0.461 e. The molecular formula is C24H43N5O5. The molecule has 10 heteroatoms. The fourth-order valence-electron chi connectivity index (χ4n) is 2.18. The maximum atomic E-state index is 11.3. The van der Waals surface area contributed by atoms with Gasteiger partial charge in [0, 0.05) is 31.2 Å². The van der Waals surface area contributed by atoms with Crippen molar-refractivity contribution in [1.29, 1.82) is 0 Å². The summed E-state index contributed by atoms with van der Waals surface area (Å²) in [5.74, 6) is 0.0922. The maximum absolute atomic E-state index is 11.3. The second kappa shape index (κ2) is 20.5. The molecule has 1 aromatic carbocycles. The number of ether oxygens (including phenoxy) is 1. The van der Waals surface area contributed by atoms with Crippen LogP contribution in [0.4, 0.5) is 10.5 Å². The molecule has 194 valence electrons. The van der Waals surface area contributed by atoms with Crippen LogP contribution in [0.3, 0.4) is 0 Å². The first-order valence-corrected chi connectivity index (χ1v) is 11.4. The van der Waals surface area contributed by atoms with E-state index in [-0.39, 0.29) is 25.0 Å². The quantitative estimate of drug-likeness (QED) is 0.242. The Morgan fingerprint density at radius 1 is 1.06 bits per heavy atom. The molecular weight excluding hydrogens is 438 g/mol. The lowest BCUT2D eigenvalue weighted by Gasteiger charge is -2.19. The normalized spacial score (nSPS) is 10.6. The highest BCUT2D eigenvalue weighted by Gasteiger charge is 2.06. The van der Waals surface area contributed by atoms with Gasteiger partial charge in [-0.05, 0) is 37.0 Å².